The number of amides is 1. The van der Waals surface area contributed by atoms with Crippen LogP contribution >= 0.6 is 0 Å². The molecule has 1 amide bonds. The van der Waals surface area contributed by atoms with Gasteiger partial charge in [-0.25, -0.2) is 14.8 Å². The Kier molecular flexibility index (Phi) is 16.4. The summed E-state index contributed by atoms with van der Waals surface area (Å²) in [4.78, 5) is 32.1. The van der Waals surface area contributed by atoms with Crippen LogP contribution in [0.15, 0.2) is 122 Å². The number of ether oxygens (including phenoxy) is 4. The molecule has 14 nitrogen and oxygen atoms in total. The van der Waals surface area contributed by atoms with Crippen molar-refractivity contribution in [2.24, 2.45) is 0 Å². The molecule has 0 saturated carbocycles. The molecule has 4 aromatic heterocycles. The van der Waals surface area contributed by atoms with E-state index in [4.69, 9.17) is 9.47 Å². The number of aromatic nitrogens is 4. The Morgan fingerprint density at radius 3 is 1.31 bits per heavy atom. The minimum atomic E-state index is -4.91. The quantitative estimate of drug-likeness (QED) is 0.0682. The number of fused-ring (bicyclic) bond motifs is 2. The maximum absolute atomic E-state index is 12.8. The number of hydrogen-bond donors (Lipinski definition) is 4. The third kappa shape index (κ3) is 15.2. The van der Waals surface area contributed by atoms with Crippen LogP contribution in [0.25, 0.3) is 33.8 Å². The molecule has 77 heavy (non-hydrogen) atoms. The van der Waals surface area contributed by atoms with Gasteiger partial charge in [-0.2, -0.15) is 26.3 Å². The molecule has 0 fully saturated rings. The molecule has 0 radical (unpaired) electrons. The van der Waals surface area contributed by atoms with E-state index in [9.17, 15) is 67.4 Å². The van der Waals surface area contributed by atoms with E-state index in [1.54, 1.807) is 48.6 Å². The third-order valence-corrected chi connectivity index (χ3v) is 10.9. The molecule has 406 valence electrons. The zero-order valence-electron chi connectivity index (χ0n) is 40.1. The summed E-state index contributed by atoms with van der Waals surface area (Å²) in [5.41, 5.74) is 4.90. The molecule has 0 bridgehead atoms. The molecule has 0 saturated heterocycles. The summed E-state index contributed by atoms with van der Waals surface area (Å²) in [7, 11) is 1.51. The van der Waals surface area contributed by atoms with Crippen LogP contribution in [-0.4, -0.2) is 81.0 Å². The predicted octanol–water partition coefficient (Wildman–Crippen LogP) is 13.8. The van der Waals surface area contributed by atoms with Crippen LogP contribution < -0.4 is 34.9 Å². The van der Waals surface area contributed by atoms with Crippen molar-refractivity contribution in [1.82, 2.24) is 24.1 Å². The van der Waals surface area contributed by atoms with Gasteiger partial charge in [0, 0.05) is 61.1 Å². The molecule has 8 aromatic rings. The van der Waals surface area contributed by atoms with Gasteiger partial charge in [-0.3, -0.25) is 13.6 Å². The highest BCUT2D eigenvalue weighted by atomic mass is 19.4. The van der Waals surface area contributed by atoms with Crippen LogP contribution in [0.5, 0.6) is 34.5 Å². The summed E-state index contributed by atoms with van der Waals surface area (Å²) in [6.07, 6.45) is -14.9. The lowest BCUT2D eigenvalue weighted by atomic mass is 10.0. The molecule has 0 atom stereocenters. The van der Waals surface area contributed by atoms with E-state index in [1.807, 2.05) is 0 Å². The average molecular weight is 1090 g/mol. The molecule has 8 rings (SSSR count). The number of hydrogen-bond acceptors (Lipinski definition) is 10. The van der Waals surface area contributed by atoms with E-state index >= 15 is 0 Å². The van der Waals surface area contributed by atoms with E-state index in [2.05, 4.69) is 35.4 Å². The fourth-order valence-electron chi connectivity index (χ4n) is 7.62. The minimum Gasteiger partial charge on any atom is -0.478 e. The number of pyridine rings is 2. The largest absolute Gasteiger partial charge is 0.573 e. The lowest BCUT2D eigenvalue weighted by Gasteiger charge is -2.15. The number of nitrogens with zero attached hydrogens (tertiary/aromatic N) is 4. The summed E-state index contributed by atoms with van der Waals surface area (Å²) in [5, 5.41) is 17.2. The summed E-state index contributed by atoms with van der Waals surface area (Å²) >= 11 is 0. The van der Waals surface area contributed by atoms with Crippen molar-refractivity contribution < 1.29 is 86.3 Å². The van der Waals surface area contributed by atoms with Gasteiger partial charge in [-0.15, -0.1) is 26.3 Å². The van der Waals surface area contributed by atoms with Crippen LogP contribution in [0.3, 0.4) is 0 Å². The van der Waals surface area contributed by atoms with Gasteiger partial charge in [0.1, 0.15) is 34.5 Å². The Morgan fingerprint density at radius 2 is 0.948 bits per heavy atom. The number of nitrogens with one attached hydrogen (secondary N) is 3. The summed E-state index contributed by atoms with van der Waals surface area (Å²) in [6, 6.07) is 22.1. The fraction of sp³-hybridized carbons (Fsp3) is 0.216. The molecular formula is C51H41F12N7O7. The number of anilines is 2. The topological polar surface area (TPSA) is 162 Å². The molecule has 0 unspecified atom stereocenters. The molecule has 4 N–H and O–H groups in total. The van der Waals surface area contributed by atoms with Crippen molar-refractivity contribution in [2.45, 2.75) is 51.8 Å². The lowest BCUT2D eigenvalue weighted by Crippen LogP contribution is -2.18. The normalized spacial score (nSPS) is 11.9. The van der Waals surface area contributed by atoms with Gasteiger partial charge >= 0.3 is 31.0 Å². The Labute approximate surface area is 427 Å². The second-order valence-corrected chi connectivity index (χ2v) is 16.6. The Morgan fingerprint density at radius 1 is 0.545 bits per heavy atom. The van der Waals surface area contributed by atoms with E-state index in [0.29, 0.717) is 44.9 Å². The highest BCUT2D eigenvalue weighted by Crippen LogP contribution is 2.37. The van der Waals surface area contributed by atoms with Gasteiger partial charge in [-0.05, 0) is 73.5 Å². The van der Waals surface area contributed by atoms with Crippen LogP contribution in [-0.2, 0) is 0 Å². The van der Waals surface area contributed by atoms with Gasteiger partial charge in [-0.1, -0.05) is 24.3 Å². The van der Waals surface area contributed by atoms with Crippen LogP contribution in [0.1, 0.15) is 44.7 Å². The van der Waals surface area contributed by atoms with Gasteiger partial charge in [0.05, 0.1) is 66.0 Å². The predicted molar refractivity (Wildman–Crippen MR) is 256 cm³/mol. The number of aromatic carboxylic acids is 1. The first-order valence-electron chi connectivity index (χ1n) is 22.5. The summed E-state index contributed by atoms with van der Waals surface area (Å²) < 4.78 is 175. The average Bonchev–Trinajstić information content (AvgIpc) is 4.01. The number of benzene rings is 4. The molecule has 0 aliphatic heterocycles. The standard InChI is InChI=1S/C26H22F6N4O3.C25H19F6N3O4/c1-15-10-16(6-7-20(15)24(37)33-2)22-13-35-23-21(34-9-8-25(27,28)29)12-19(14-36(22)23)38-17-4-3-5-18(11-17)39-26(30,31)32;1-14-9-15(5-6-19(14)23(35)36)21-12-33-22-20(32-8-7-24(26,27)28)11-18(13-34(21)22)37-16-3-2-4-17(10-16)38-25(29,30)31/h3-7,10-14,34H,8-9H2,1-2H3,(H,33,37);2-6,9-13,32H,7-8H2,1H3,(H,35,36). The molecular weight excluding hydrogens is 1050 g/mol. The number of rotatable bonds is 16. The third-order valence-electron chi connectivity index (χ3n) is 10.9. The second kappa shape index (κ2) is 22.6. The van der Waals surface area contributed by atoms with Gasteiger partial charge in [0.2, 0.25) is 0 Å². The molecule has 0 aliphatic rings. The van der Waals surface area contributed by atoms with Crippen molar-refractivity contribution in [3.8, 4) is 57.0 Å². The Hall–Kier alpha value is -8.84. The smallest absolute Gasteiger partial charge is 0.478 e. The maximum Gasteiger partial charge on any atom is 0.573 e. The number of alkyl halides is 12. The number of carboxylic acids is 1. The molecule has 0 aliphatic carbocycles. The summed E-state index contributed by atoms with van der Waals surface area (Å²) in [6.45, 7) is 2.46. The van der Waals surface area contributed by atoms with Crippen LogP contribution in [0.4, 0.5) is 64.1 Å². The van der Waals surface area contributed by atoms with Crippen molar-refractivity contribution in [1.29, 1.82) is 0 Å². The van der Waals surface area contributed by atoms with Crippen molar-refractivity contribution in [3.63, 3.8) is 0 Å². The minimum absolute atomic E-state index is 0.00443. The van der Waals surface area contributed by atoms with E-state index in [-0.39, 0.29) is 51.5 Å². The van der Waals surface area contributed by atoms with Crippen LogP contribution in [0.2, 0.25) is 0 Å². The van der Waals surface area contributed by atoms with Gasteiger partial charge in [0.25, 0.3) is 5.91 Å². The monoisotopic (exact) mass is 1090 g/mol. The number of carboxylic acid groups (broad SMARTS) is 1. The van der Waals surface area contributed by atoms with Gasteiger partial charge in [0.15, 0.2) is 11.3 Å². The number of carbonyl (C=O) groups excluding carboxylic acids is 1. The molecule has 4 heterocycles. The van der Waals surface area contributed by atoms with Crippen molar-refractivity contribution in [2.75, 3.05) is 30.8 Å². The second-order valence-electron chi connectivity index (χ2n) is 16.6. The maximum atomic E-state index is 12.8. The first-order chi connectivity index (χ1) is 36.1. The SMILES string of the molecule is CNC(=O)c1ccc(-c2cnc3c(NCCC(F)(F)F)cc(Oc4cccc(OC(F)(F)F)c4)cn23)cc1C.Cc1cc(-c2cnc3c(NCCC(F)(F)F)cc(Oc4cccc(OC(F)(F)F)c4)cn23)ccc1C(=O)O. The summed E-state index contributed by atoms with van der Waals surface area (Å²) in [5.74, 6) is -2.21. The van der Waals surface area contributed by atoms with E-state index in [0.717, 1.165) is 24.3 Å². The van der Waals surface area contributed by atoms with Gasteiger partial charge < -0.3 is 40.0 Å². The number of carbonyl (C=O) groups is 2. The first-order valence-corrected chi connectivity index (χ1v) is 22.5. The number of halogens is 12. The zero-order chi connectivity index (χ0) is 56.0. The number of imidazole rings is 2. The Balaban J connectivity index is 0.000000224. The number of aryl methyl sites for hydroxylation is 2. The first kappa shape index (κ1) is 55.9. The van der Waals surface area contributed by atoms with Crippen molar-refractivity contribution >= 4 is 34.5 Å². The highest BCUT2D eigenvalue weighted by Gasteiger charge is 2.33. The van der Waals surface area contributed by atoms with E-state index < -0.39 is 68.5 Å². The highest BCUT2D eigenvalue weighted by molar-refractivity contribution is 5.96. The zero-order valence-corrected chi connectivity index (χ0v) is 40.1. The Bertz CT molecular complexity index is 3430. The lowest BCUT2D eigenvalue weighted by molar-refractivity contribution is -0.275. The molecule has 4 aromatic carbocycles. The molecule has 0 spiro atoms. The molecule has 26 heteroatoms. The van der Waals surface area contributed by atoms with Crippen molar-refractivity contribution in [3.05, 3.63) is 144 Å². The van der Waals surface area contributed by atoms with Crippen LogP contribution in [0, 0.1) is 13.8 Å². The van der Waals surface area contributed by atoms with E-state index in [1.165, 1.54) is 78.7 Å². The fourth-order valence-corrected chi connectivity index (χ4v) is 7.62.